The highest BCUT2D eigenvalue weighted by atomic mass is 19.1. The Morgan fingerprint density at radius 2 is 1.85 bits per heavy atom. The van der Waals surface area contributed by atoms with Crippen molar-refractivity contribution in [2.45, 2.75) is 36.9 Å². The molecule has 2 aliphatic heterocycles. The molecule has 2 fully saturated rings. The third-order valence-electron chi connectivity index (χ3n) is 5.89. The summed E-state index contributed by atoms with van der Waals surface area (Å²) in [6, 6.07) is 15.1. The Morgan fingerprint density at radius 1 is 1.08 bits per heavy atom. The van der Waals surface area contributed by atoms with E-state index in [-0.39, 0.29) is 17.3 Å². The first-order valence-corrected chi connectivity index (χ1v) is 9.14. The van der Waals surface area contributed by atoms with Gasteiger partial charge in [-0.25, -0.2) is 4.39 Å². The van der Waals surface area contributed by atoms with E-state index in [1.54, 1.807) is 7.11 Å². The maximum atomic E-state index is 13.2. The lowest BCUT2D eigenvalue weighted by Gasteiger charge is -2.45. The number of hydrogen-bond acceptors (Lipinski definition) is 3. The Hall–Kier alpha value is -1.75. The summed E-state index contributed by atoms with van der Waals surface area (Å²) in [5.41, 5.74) is 2.61. The second-order valence-corrected chi connectivity index (χ2v) is 7.63. The summed E-state index contributed by atoms with van der Waals surface area (Å²) in [5.74, 6) is 0.0463. The Bertz CT molecular complexity index is 775. The second kappa shape index (κ2) is 6.76. The zero-order valence-corrected chi connectivity index (χ0v) is 15.3. The van der Waals surface area contributed by atoms with Gasteiger partial charge in [0.15, 0.2) is 0 Å². The minimum Gasteiger partial charge on any atom is -0.375 e. The van der Waals surface area contributed by atoms with Gasteiger partial charge in [-0.05, 0) is 42.2 Å². The molecule has 3 atom stereocenters. The van der Waals surface area contributed by atoms with E-state index >= 15 is 0 Å². The Morgan fingerprint density at radius 3 is 2.58 bits per heavy atom. The number of aryl methyl sites for hydroxylation is 1. The number of benzene rings is 2. The molecule has 2 aromatic rings. The van der Waals surface area contributed by atoms with Crippen molar-refractivity contribution >= 4 is 0 Å². The van der Waals surface area contributed by atoms with Crippen LogP contribution in [0.4, 0.5) is 4.39 Å². The van der Waals surface area contributed by atoms with Crippen LogP contribution < -0.4 is 0 Å². The number of ether oxygens (including phenoxy) is 3. The number of hydrogen-bond donors (Lipinski definition) is 0. The molecule has 2 heterocycles. The maximum absolute atomic E-state index is 13.2. The summed E-state index contributed by atoms with van der Waals surface area (Å²) >= 11 is 0. The van der Waals surface area contributed by atoms with Gasteiger partial charge in [0, 0.05) is 19.4 Å². The van der Waals surface area contributed by atoms with Crippen LogP contribution in [-0.2, 0) is 19.8 Å². The average molecular weight is 356 g/mol. The normalized spacial score (nSPS) is 31.4. The largest absolute Gasteiger partial charge is 0.375 e. The molecule has 2 aromatic carbocycles. The molecule has 0 N–H and O–H groups in total. The first-order valence-electron chi connectivity index (χ1n) is 9.14. The van der Waals surface area contributed by atoms with Gasteiger partial charge in [-0.15, -0.1) is 0 Å². The molecule has 4 heteroatoms. The van der Waals surface area contributed by atoms with Crippen molar-refractivity contribution in [1.29, 1.82) is 0 Å². The number of halogens is 1. The van der Waals surface area contributed by atoms with E-state index in [0.29, 0.717) is 19.8 Å². The van der Waals surface area contributed by atoms with E-state index in [1.807, 2.05) is 24.3 Å². The van der Waals surface area contributed by atoms with Crippen LogP contribution in [0, 0.1) is 12.7 Å². The van der Waals surface area contributed by atoms with Gasteiger partial charge < -0.3 is 14.2 Å². The van der Waals surface area contributed by atoms with Crippen LogP contribution in [0.5, 0.6) is 0 Å². The summed E-state index contributed by atoms with van der Waals surface area (Å²) in [4.78, 5) is 0. The van der Waals surface area contributed by atoms with Crippen molar-refractivity contribution in [3.8, 4) is 0 Å². The molecule has 2 saturated heterocycles. The third-order valence-corrected chi connectivity index (χ3v) is 5.89. The summed E-state index contributed by atoms with van der Waals surface area (Å²) < 4.78 is 31.6. The molecule has 0 aromatic heterocycles. The number of methoxy groups -OCH3 is 1. The van der Waals surface area contributed by atoms with Crippen molar-refractivity contribution in [3.63, 3.8) is 0 Å². The molecular formula is C22H25FO3. The molecule has 3 nitrogen and oxygen atoms in total. The van der Waals surface area contributed by atoms with Gasteiger partial charge in [0.2, 0.25) is 0 Å². The molecular weight excluding hydrogens is 331 g/mol. The topological polar surface area (TPSA) is 27.7 Å². The quantitative estimate of drug-likeness (QED) is 0.819. The lowest BCUT2D eigenvalue weighted by molar-refractivity contribution is -0.198. The van der Waals surface area contributed by atoms with Crippen molar-refractivity contribution in [3.05, 3.63) is 71.0 Å². The lowest BCUT2D eigenvalue weighted by atomic mass is 9.76. The van der Waals surface area contributed by atoms with Crippen LogP contribution in [0.15, 0.2) is 48.5 Å². The standard InChI is InChI=1S/C22H25FO3/c1-16-5-3-4-6-20(16)22(24-2)13-21(14-25-15-22)11-18(12-26-21)17-7-9-19(23)10-8-17/h3-10,18H,11-15H2,1-2H3. The van der Waals surface area contributed by atoms with Crippen LogP contribution in [0.2, 0.25) is 0 Å². The summed E-state index contributed by atoms with van der Waals surface area (Å²) in [7, 11) is 1.75. The molecule has 1 spiro atoms. The van der Waals surface area contributed by atoms with Crippen LogP contribution in [0.25, 0.3) is 0 Å². The predicted octanol–water partition coefficient (Wildman–Crippen LogP) is 4.34. The molecule has 0 aliphatic carbocycles. The molecule has 0 bridgehead atoms. The fraction of sp³-hybridized carbons (Fsp3) is 0.455. The Labute approximate surface area is 154 Å². The maximum Gasteiger partial charge on any atom is 0.123 e. The number of rotatable bonds is 3. The van der Waals surface area contributed by atoms with E-state index < -0.39 is 5.60 Å². The fourth-order valence-corrected chi connectivity index (χ4v) is 4.54. The van der Waals surface area contributed by atoms with Crippen molar-refractivity contribution < 1.29 is 18.6 Å². The highest BCUT2D eigenvalue weighted by molar-refractivity contribution is 5.33. The molecule has 3 unspecified atom stereocenters. The fourth-order valence-electron chi connectivity index (χ4n) is 4.54. The highest BCUT2D eigenvalue weighted by Crippen LogP contribution is 2.48. The van der Waals surface area contributed by atoms with Gasteiger partial charge in [0.1, 0.15) is 11.4 Å². The molecule has 2 aliphatic rings. The van der Waals surface area contributed by atoms with Gasteiger partial charge in [0.25, 0.3) is 0 Å². The second-order valence-electron chi connectivity index (χ2n) is 7.63. The van der Waals surface area contributed by atoms with Crippen molar-refractivity contribution in [2.24, 2.45) is 0 Å². The molecule has 138 valence electrons. The van der Waals surface area contributed by atoms with E-state index in [1.165, 1.54) is 17.7 Å². The van der Waals surface area contributed by atoms with Crippen LogP contribution in [0.1, 0.15) is 35.4 Å². The summed E-state index contributed by atoms with van der Waals surface area (Å²) in [6.45, 7) is 3.83. The first kappa shape index (κ1) is 17.7. The minimum absolute atomic E-state index is 0.207. The van der Waals surface area contributed by atoms with Gasteiger partial charge >= 0.3 is 0 Å². The molecule has 0 saturated carbocycles. The summed E-state index contributed by atoms with van der Waals surface area (Å²) in [6.07, 6.45) is 1.62. The van der Waals surface area contributed by atoms with Crippen LogP contribution in [-0.4, -0.2) is 32.5 Å². The van der Waals surface area contributed by atoms with E-state index in [0.717, 1.165) is 24.0 Å². The minimum atomic E-state index is -0.499. The van der Waals surface area contributed by atoms with E-state index in [4.69, 9.17) is 14.2 Å². The Kier molecular flexibility index (Phi) is 4.59. The van der Waals surface area contributed by atoms with Gasteiger partial charge in [0.05, 0.1) is 25.4 Å². The highest BCUT2D eigenvalue weighted by Gasteiger charge is 2.52. The predicted molar refractivity (Wildman–Crippen MR) is 97.7 cm³/mol. The van der Waals surface area contributed by atoms with E-state index in [9.17, 15) is 4.39 Å². The summed E-state index contributed by atoms with van der Waals surface area (Å²) in [5, 5.41) is 0. The molecule has 0 amide bonds. The molecule has 26 heavy (non-hydrogen) atoms. The van der Waals surface area contributed by atoms with E-state index in [2.05, 4.69) is 19.1 Å². The van der Waals surface area contributed by atoms with Crippen molar-refractivity contribution in [2.75, 3.05) is 26.9 Å². The van der Waals surface area contributed by atoms with Crippen LogP contribution >= 0.6 is 0 Å². The SMILES string of the molecule is COC1(c2ccccc2C)COCC2(CC(c3ccc(F)cc3)CO2)C1. The smallest absolute Gasteiger partial charge is 0.123 e. The zero-order valence-electron chi connectivity index (χ0n) is 15.3. The zero-order chi connectivity index (χ0) is 18.2. The van der Waals surface area contributed by atoms with Gasteiger partial charge in [-0.2, -0.15) is 0 Å². The Balaban J connectivity index is 1.60. The first-order chi connectivity index (χ1) is 12.6. The average Bonchev–Trinajstić information content (AvgIpc) is 3.05. The van der Waals surface area contributed by atoms with Gasteiger partial charge in [-0.1, -0.05) is 36.4 Å². The van der Waals surface area contributed by atoms with Crippen LogP contribution in [0.3, 0.4) is 0 Å². The monoisotopic (exact) mass is 356 g/mol. The third kappa shape index (κ3) is 3.07. The van der Waals surface area contributed by atoms with Crippen molar-refractivity contribution in [1.82, 2.24) is 0 Å². The lowest BCUT2D eigenvalue weighted by Crippen LogP contribution is -2.51. The molecule has 4 rings (SSSR count). The molecule has 0 radical (unpaired) electrons. The van der Waals surface area contributed by atoms with Gasteiger partial charge in [-0.3, -0.25) is 0 Å².